The van der Waals surface area contributed by atoms with Crippen molar-refractivity contribution in [1.82, 2.24) is 30.1 Å². The van der Waals surface area contributed by atoms with E-state index in [2.05, 4.69) is 10.6 Å². The van der Waals surface area contributed by atoms with Crippen LogP contribution in [0.2, 0.25) is 0 Å². The summed E-state index contributed by atoms with van der Waals surface area (Å²) in [5.74, 6) is -6.89. The molecule has 21 heteroatoms. The van der Waals surface area contributed by atoms with Crippen molar-refractivity contribution < 1.29 is 59.8 Å². The summed E-state index contributed by atoms with van der Waals surface area (Å²) in [5, 5.41) is 7.37. The lowest BCUT2D eigenvalue weighted by atomic mass is 9.89. The highest BCUT2D eigenvalue weighted by Crippen LogP contribution is 2.30. The molecule has 2 aromatic carbocycles. The van der Waals surface area contributed by atoms with Crippen LogP contribution in [0.5, 0.6) is 0 Å². The third-order valence-corrected chi connectivity index (χ3v) is 14.2. The van der Waals surface area contributed by atoms with E-state index in [-0.39, 0.29) is 59.6 Å². The van der Waals surface area contributed by atoms with Gasteiger partial charge in [-0.1, -0.05) is 97.4 Å². The maximum Gasteiger partial charge on any atom is 0.471 e. The molecule has 0 spiro atoms. The van der Waals surface area contributed by atoms with Gasteiger partial charge >= 0.3 is 12.1 Å². The number of methoxy groups -OCH3 is 2. The third-order valence-electron chi connectivity index (χ3n) is 12.9. The summed E-state index contributed by atoms with van der Waals surface area (Å²) in [6.07, 6.45) is -5.25. The number of carbonyl (C=O) groups is 6. The molecule has 70 heavy (non-hydrogen) atoms. The van der Waals surface area contributed by atoms with Gasteiger partial charge in [-0.05, 0) is 68.0 Å². The number of hydrogen-bond donors (Lipinski definition) is 4. The Morgan fingerprint density at radius 1 is 0.814 bits per heavy atom. The zero-order valence-electron chi connectivity index (χ0n) is 42.5. The van der Waals surface area contributed by atoms with Crippen LogP contribution in [0, 0.1) is 23.7 Å². The summed E-state index contributed by atoms with van der Waals surface area (Å²) in [7, 11) is 3.76. The van der Waals surface area contributed by atoms with Crippen molar-refractivity contribution in [2.24, 2.45) is 23.7 Å². The predicted octanol–water partition coefficient (Wildman–Crippen LogP) is 4.51. The molecule has 6 amide bonds. The molecule has 0 aliphatic carbocycles. The number of benzene rings is 2. The first kappa shape index (κ1) is 59.2. The Kier molecular flexibility index (Phi) is 22.3. The minimum absolute atomic E-state index is 0.0152. The molecule has 1 heterocycles. The van der Waals surface area contributed by atoms with E-state index in [1.165, 1.54) is 26.4 Å². The maximum atomic E-state index is 14.4. The first-order chi connectivity index (χ1) is 32.7. The van der Waals surface area contributed by atoms with Gasteiger partial charge < -0.3 is 35.2 Å². The van der Waals surface area contributed by atoms with Gasteiger partial charge in [-0.3, -0.25) is 38.4 Å². The van der Waals surface area contributed by atoms with E-state index in [0.29, 0.717) is 31.4 Å². The number of likely N-dealkylation sites (tertiary alicyclic amines) is 1. The van der Waals surface area contributed by atoms with Crippen molar-refractivity contribution >= 4 is 51.2 Å². The lowest BCUT2D eigenvalue weighted by Crippen LogP contribution is -2.59. The lowest BCUT2D eigenvalue weighted by Gasteiger charge is -2.41. The van der Waals surface area contributed by atoms with E-state index >= 15 is 0 Å². The molecule has 9 atom stereocenters. The van der Waals surface area contributed by atoms with Gasteiger partial charge in [0.25, 0.3) is 5.91 Å². The number of nitrogens with one attached hydrogen (secondary N) is 4. The van der Waals surface area contributed by atoms with Crippen molar-refractivity contribution in [3.8, 4) is 0 Å². The first-order valence-corrected chi connectivity index (χ1v) is 25.3. The summed E-state index contributed by atoms with van der Waals surface area (Å²) < 4.78 is 78.6. The van der Waals surface area contributed by atoms with Gasteiger partial charge in [0, 0.05) is 39.9 Å². The molecular weight excluding hydrogens is 936 g/mol. The van der Waals surface area contributed by atoms with Crippen LogP contribution in [0.1, 0.15) is 85.3 Å². The molecule has 0 radical (unpaired) electrons. The van der Waals surface area contributed by atoms with E-state index < -0.39 is 88.0 Å². The number of sulfonamides is 1. The van der Waals surface area contributed by atoms with Crippen LogP contribution in [-0.4, -0.2) is 149 Å². The molecule has 17 nitrogen and oxygen atoms in total. The van der Waals surface area contributed by atoms with E-state index in [1.54, 1.807) is 59.4 Å². The number of anilines is 1. The summed E-state index contributed by atoms with van der Waals surface area (Å²) >= 11 is 0. The monoisotopic (exact) mass is 1010 g/mol. The first-order valence-electron chi connectivity index (χ1n) is 23.6. The SMILES string of the molecule is CC[C@H](C)[C@@H]([C@@H](CC(=O)N1CCC[C@H]1[C@H](OC)[C@@H](C)C(=O)N[C@@H](Cc1ccccc1)C(=O)NS(=O)(=O)Cc1ccc(NC(=O)C(F)(F)F)cc1)OC)N(C)C(=O)[C@@H](NC(=O)[C@H](C(C)C)N(C)C)C(C)C. The molecule has 392 valence electrons. The Balaban J connectivity index is 1.81. The van der Waals surface area contributed by atoms with Crippen molar-refractivity contribution in [1.29, 1.82) is 0 Å². The topological polar surface area (TPSA) is 213 Å². The van der Waals surface area contributed by atoms with Gasteiger partial charge in [-0.15, -0.1) is 0 Å². The van der Waals surface area contributed by atoms with Crippen LogP contribution in [-0.2, 0) is 60.4 Å². The Morgan fingerprint density at radius 2 is 1.43 bits per heavy atom. The lowest BCUT2D eigenvalue weighted by molar-refractivity contribution is -0.167. The van der Waals surface area contributed by atoms with E-state index in [9.17, 15) is 50.4 Å². The molecule has 0 aromatic heterocycles. The van der Waals surface area contributed by atoms with Gasteiger partial charge in [0.15, 0.2) is 0 Å². The van der Waals surface area contributed by atoms with Crippen LogP contribution in [0.15, 0.2) is 54.6 Å². The number of hydrogen-bond acceptors (Lipinski definition) is 11. The van der Waals surface area contributed by atoms with Gasteiger partial charge in [0.1, 0.15) is 12.1 Å². The summed E-state index contributed by atoms with van der Waals surface area (Å²) in [6, 6.07) is 9.25. The second-order valence-electron chi connectivity index (χ2n) is 19.1. The highest BCUT2D eigenvalue weighted by atomic mass is 32.2. The molecule has 1 fully saturated rings. The molecule has 0 saturated carbocycles. The van der Waals surface area contributed by atoms with Crippen molar-refractivity contribution in [3.63, 3.8) is 0 Å². The fraction of sp³-hybridized carbons (Fsp3) is 0.633. The average molecular weight is 1010 g/mol. The number of carbonyl (C=O) groups excluding carboxylic acids is 6. The zero-order valence-corrected chi connectivity index (χ0v) is 43.3. The quantitative estimate of drug-likeness (QED) is 0.109. The zero-order chi connectivity index (χ0) is 52.8. The third kappa shape index (κ3) is 16.5. The molecule has 1 aliphatic heterocycles. The largest absolute Gasteiger partial charge is 0.471 e. The highest BCUT2D eigenvalue weighted by molar-refractivity contribution is 7.89. The molecule has 4 N–H and O–H groups in total. The second kappa shape index (κ2) is 26.4. The van der Waals surface area contributed by atoms with Crippen molar-refractivity contribution in [3.05, 3.63) is 65.7 Å². The van der Waals surface area contributed by atoms with Gasteiger partial charge in [-0.2, -0.15) is 13.2 Å². The van der Waals surface area contributed by atoms with E-state index in [4.69, 9.17) is 9.47 Å². The molecule has 2 aromatic rings. The minimum Gasteiger partial charge on any atom is -0.379 e. The van der Waals surface area contributed by atoms with Crippen molar-refractivity contribution in [2.75, 3.05) is 47.2 Å². The number of likely N-dealkylation sites (N-methyl/N-ethyl adjacent to an activating group) is 2. The summed E-state index contributed by atoms with van der Waals surface area (Å²) in [6.45, 7) is 13.5. The number of nitrogens with zero attached hydrogens (tertiary/aromatic N) is 3. The number of ether oxygens (including phenoxy) is 2. The predicted molar refractivity (Wildman–Crippen MR) is 259 cm³/mol. The fourth-order valence-electron chi connectivity index (χ4n) is 9.14. The highest BCUT2D eigenvalue weighted by Gasteiger charge is 2.44. The number of amides is 6. The second-order valence-corrected chi connectivity index (χ2v) is 20.8. The van der Waals surface area contributed by atoms with Crippen LogP contribution in [0.4, 0.5) is 18.9 Å². The number of alkyl halides is 3. The van der Waals surface area contributed by atoms with Crippen molar-refractivity contribution in [2.45, 2.75) is 135 Å². The van der Waals surface area contributed by atoms with Crippen LogP contribution < -0.4 is 20.7 Å². The van der Waals surface area contributed by atoms with E-state index in [1.807, 2.05) is 65.3 Å². The van der Waals surface area contributed by atoms with Gasteiger partial charge in [-0.25, -0.2) is 8.42 Å². The Labute approximate surface area is 411 Å². The standard InChI is InChI=1S/C49H74F3N7O10S/c1-13-31(6)42(58(10)47(64)40(29(2)3)55-46(63)41(30(4)5)57(8)9)38(68-11)27-39(60)59-25-17-20-37(59)43(69-12)32(7)44(61)54-36(26-33-18-15-14-16-19-33)45(62)56-70(66,67)28-34-21-23-35(24-22-34)53-48(65)49(50,51)52/h14-16,18-19,21-24,29-32,36-38,40-43H,13,17,20,25-28H2,1-12H3,(H,53,65)(H,54,61)(H,55,63)(H,56,62)/t31-,32+,36-,37-,38+,40-,41-,42-,43+/m0/s1. The normalized spacial score (nSPS) is 17.7. The molecule has 0 unspecified atom stereocenters. The number of halogens is 3. The van der Waals surface area contributed by atoms with Crippen LogP contribution >= 0.6 is 0 Å². The Hall–Kier alpha value is -5.12. The summed E-state index contributed by atoms with van der Waals surface area (Å²) in [4.78, 5) is 86.5. The van der Waals surface area contributed by atoms with Crippen LogP contribution in [0.3, 0.4) is 0 Å². The van der Waals surface area contributed by atoms with Gasteiger partial charge in [0.2, 0.25) is 33.7 Å². The molecular formula is C49H74F3N7O10S. The van der Waals surface area contributed by atoms with Crippen LogP contribution in [0.25, 0.3) is 0 Å². The van der Waals surface area contributed by atoms with Gasteiger partial charge in [0.05, 0.1) is 48.4 Å². The number of rotatable bonds is 25. The fourth-order valence-corrected chi connectivity index (χ4v) is 10.3. The smallest absolute Gasteiger partial charge is 0.379 e. The molecule has 3 rings (SSSR count). The molecule has 1 aliphatic rings. The Bertz CT molecular complexity index is 2170. The minimum atomic E-state index is -5.13. The van der Waals surface area contributed by atoms with E-state index in [0.717, 1.165) is 12.1 Å². The average Bonchev–Trinajstić information content (AvgIpc) is 3.77. The molecule has 0 bridgehead atoms. The maximum absolute atomic E-state index is 14.4. The summed E-state index contributed by atoms with van der Waals surface area (Å²) in [5.41, 5.74) is 0.469. The Morgan fingerprint density at radius 3 is 1.94 bits per heavy atom. The molecule has 1 saturated heterocycles.